The van der Waals surface area contributed by atoms with E-state index >= 15 is 0 Å². The van der Waals surface area contributed by atoms with Crippen molar-refractivity contribution in [3.8, 4) is 0 Å². The maximum absolute atomic E-state index is 12.1. The van der Waals surface area contributed by atoms with Gasteiger partial charge in [0.05, 0.1) is 16.8 Å². The Morgan fingerprint density at radius 1 is 1.48 bits per heavy atom. The molecule has 0 fully saturated rings. The molecule has 2 rings (SSSR count). The van der Waals surface area contributed by atoms with E-state index in [1.165, 1.54) is 11.3 Å². The summed E-state index contributed by atoms with van der Waals surface area (Å²) >= 11 is 7.30. The highest BCUT2D eigenvalue weighted by Crippen LogP contribution is 2.26. The molecule has 0 spiro atoms. The van der Waals surface area contributed by atoms with Gasteiger partial charge < -0.3 is 10.3 Å². The molecule has 2 N–H and O–H groups in total. The van der Waals surface area contributed by atoms with Crippen molar-refractivity contribution in [1.29, 1.82) is 0 Å². The van der Waals surface area contributed by atoms with Gasteiger partial charge in [0.25, 0.3) is 5.56 Å². The Labute approximate surface area is 131 Å². The van der Waals surface area contributed by atoms with Gasteiger partial charge in [0, 0.05) is 16.1 Å². The van der Waals surface area contributed by atoms with E-state index in [4.69, 9.17) is 11.6 Å². The summed E-state index contributed by atoms with van der Waals surface area (Å²) in [4.78, 5) is 31.7. The first kappa shape index (κ1) is 15.7. The molecule has 0 bridgehead atoms. The zero-order valence-electron chi connectivity index (χ0n) is 12.0. The average molecular weight is 326 g/mol. The number of aryl methyl sites for hydroxylation is 2. The smallest absolute Gasteiger partial charge is 0.254 e. The molecule has 1 amide bonds. The lowest BCUT2D eigenvalue weighted by Gasteiger charge is -2.12. The third kappa shape index (κ3) is 3.92. The maximum Gasteiger partial charge on any atom is 0.254 e. The number of hydrogen-bond acceptors (Lipinski definition) is 4. The lowest BCUT2D eigenvalue weighted by atomic mass is 10.1. The number of nitrogens with zero attached hydrogens (tertiary/aromatic N) is 1. The molecule has 7 heteroatoms. The Hall–Kier alpha value is -1.66. The predicted molar refractivity (Wildman–Crippen MR) is 83.9 cm³/mol. The van der Waals surface area contributed by atoms with Gasteiger partial charge in [0.1, 0.15) is 5.82 Å². The highest BCUT2D eigenvalue weighted by molar-refractivity contribution is 7.16. The van der Waals surface area contributed by atoms with E-state index in [1.54, 1.807) is 19.9 Å². The fraction of sp³-hybridized carbons (Fsp3) is 0.357. The first-order chi connectivity index (χ1) is 9.86. The first-order valence-corrected chi connectivity index (χ1v) is 7.67. The van der Waals surface area contributed by atoms with Crippen LogP contribution in [-0.4, -0.2) is 15.9 Å². The fourth-order valence-electron chi connectivity index (χ4n) is 2.04. The van der Waals surface area contributed by atoms with Gasteiger partial charge in [-0.25, -0.2) is 4.98 Å². The van der Waals surface area contributed by atoms with Crippen LogP contribution in [0.5, 0.6) is 0 Å². The molecule has 0 aliphatic carbocycles. The molecule has 0 saturated heterocycles. The molecule has 2 heterocycles. The lowest BCUT2D eigenvalue weighted by Crippen LogP contribution is -2.30. The molecule has 0 radical (unpaired) electrons. The summed E-state index contributed by atoms with van der Waals surface area (Å²) in [6, 6.07) is 3.53. The molecule has 5 nitrogen and oxygen atoms in total. The Balaban J connectivity index is 2.07. The van der Waals surface area contributed by atoms with Gasteiger partial charge in [-0.1, -0.05) is 11.6 Å². The zero-order chi connectivity index (χ0) is 15.6. The van der Waals surface area contributed by atoms with Crippen LogP contribution in [0.1, 0.15) is 34.9 Å². The van der Waals surface area contributed by atoms with Gasteiger partial charge in [-0.15, -0.1) is 11.3 Å². The number of amides is 1. The van der Waals surface area contributed by atoms with Crippen LogP contribution >= 0.6 is 22.9 Å². The molecule has 2 aromatic heterocycles. The summed E-state index contributed by atoms with van der Waals surface area (Å²) in [5.41, 5.74) is 0.717. The highest BCUT2D eigenvalue weighted by atomic mass is 35.5. The van der Waals surface area contributed by atoms with Crippen LogP contribution in [0.25, 0.3) is 0 Å². The van der Waals surface area contributed by atoms with Crippen LogP contribution < -0.4 is 10.9 Å². The average Bonchev–Trinajstić information content (AvgIpc) is 2.80. The Bertz CT molecular complexity index is 723. The SMILES string of the molecule is Cc1nc(C)c(CC(=O)N[C@H](C)c2ccc(Cl)s2)c(=O)[nH]1. The minimum atomic E-state index is -0.262. The summed E-state index contributed by atoms with van der Waals surface area (Å²) in [5.74, 6) is 0.328. The Kier molecular flexibility index (Phi) is 4.80. The number of aromatic nitrogens is 2. The monoisotopic (exact) mass is 325 g/mol. The molecular formula is C14H16ClN3O2S. The minimum Gasteiger partial charge on any atom is -0.348 e. The number of rotatable bonds is 4. The number of H-pyrrole nitrogens is 1. The van der Waals surface area contributed by atoms with Gasteiger partial charge >= 0.3 is 0 Å². The summed E-state index contributed by atoms with van der Waals surface area (Å²) in [7, 11) is 0. The summed E-state index contributed by atoms with van der Waals surface area (Å²) in [5, 5.41) is 2.86. The van der Waals surface area contributed by atoms with Gasteiger partial charge in [-0.2, -0.15) is 0 Å². The topological polar surface area (TPSA) is 74.8 Å². The molecule has 0 aromatic carbocycles. The molecule has 112 valence electrons. The Morgan fingerprint density at radius 3 is 2.76 bits per heavy atom. The predicted octanol–water partition coefficient (Wildman–Crippen LogP) is 2.52. The molecule has 0 unspecified atom stereocenters. The number of carbonyl (C=O) groups is 1. The van der Waals surface area contributed by atoms with E-state index in [9.17, 15) is 9.59 Å². The van der Waals surface area contributed by atoms with E-state index in [-0.39, 0.29) is 23.9 Å². The van der Waals surface area contributed by atoms with Gasteiger partial charge in [0.15, 0.2) is 0 Å². The van der Waals surface area contributed by atoms with Crippen LogP contribution in [0.2, 0.25) is 4.34 Å². The summed E-state index contributed by atoms with van der Waals surface area (Å²) < 4.78 is 0.682. The molecule has 1 atom stereocenters. The van der Waals surface area contributed by atoms with Crippen LogP contribution in [0.15, 0.2) is 16.9 Å². The van der Waals surface area contributed by atoms with Crippen molar-refractivity contribution < 1.29 is 4.79 Å². The van der Waals surface area contributed by atoms with E-state index in [0.29, 0.717) is 21.4 Å². The lowest BCUT2D eigenvalue weighted by molar-refractivity contribution is -0.121. The van der Waals surface area contributed by atoms with E-state index in [0.717, 1.165) is 4.88 Å². The van der Waals surface area contributed by atoms with Crippen LogP contribution in [0, 0.1) is 13.8 Å². The van der Waals surface area contributed by atoms with Crippen molar-refractivity contribution in [3.63, 3.8) is 0 Å². The van der Waals surface area contributed by atoms with Crippen molar-refractivity contribution in [2.75, 3.05) is 0 Å². The quantitative estimate of drug-likeness (QED) is 0.907. The number of thiophene rings is 1. The molecule has 0 saturated carbocycles. The Morgan fingerprint density at radius 2 is 2.19 bits per heavy atom. The van der Waals surface area contributed by atoms with Crippen molar-refractivity contribution >= 4 is 28.8 Å². The zero-order valence-corrected chi connectivity index (χ0v) is 13.6. The molecule has 2 aromatic rings. The van der Waals surface area contributed by atoms with Crippen LogP contribution in [-0.2, 0) is 11.2 Å². The fourth-order valence-corrected chi connectivity index (χ4v) is 3.11. The first-order valence-electron chi connectivity index (χ1n) is 6.48. The summed E-state index contributed by atoms with van der Waals surface area (Å²) in [6.45, 7) is 5.32. The van der Waals surface area contributed by atoms with Crippen molar-refractivity contribution in [1.82, 2.24) is 15.3 Å². The third-order valence-corrected chi connectivity index (χ3v) is 4.49. The number of aromatic amines is 1. The van der Waals surface area contributed by atoms with Gasteiger partial charge in [-0.3, -0.25) is 9.59 Å². The van der Waals surface area contributed by atoms with Crippen molar-refractivity contribution in [3.05, 3.63) is 48.8 Å². The molecule has 0 aliphatic rings. The molecular weight excluding hydrogens is 310 g/mol. The van der Waals surface area contributed by atoms with E-state index in [1.807, 2.05) is 13.0 Å². The van der Waals surface area contributed by atoms with Crippen molar-refractivity contribution in [2.24, 2.45) is 0 Å². The minimum absolute atomic E-state index is 0.0118. The van der Waals surface area contributed by atoms with Crippen LogP contribution in [0.3, 0.4) is 0 Å². The van der Waals surface area contributed by atoms with Gasteiger partial charge in [-0.05, 0) is 32.9 Å². The molecule has 0 aliphatic heterocycles. The highest BCUT2D eigenvalue weighted by Gasteiger charge is 2.15. The standard InChI is InChI=1S/C14H16ClN3O2S/c1-7-10(14(20)18-9(3)16-7)6-13(19)17-8(2)11-4-5-12(15)21-11/h4-5,8H,6H2,1-3H3,(H,17,19)(H,16,18,20)/t8-/m1/s1. The van der Waals surface area contributed by atoms with E-state index in [2.05, 4.69) is 15.3 Å². The second-order valence-corrected chi connectivity index (χ2v) is 6.57. The second kappa shape index (κ2) is 6.41. The number of hydrogen-bond donors (Lipinski definition) is 2. The van der Waals surface area contributed by atoms with E-state index < -0.39 is 0 Å². The largest absolute Gasteiger partial charge is 0.348 e. The van der Waals surface area contributed by atoms with Crippen molar-refractivity contribution in [2.45, 2.75) is 33.2 Å². The van der Waals surface area contributed by atoms with Gasteiger partial charge in [0.2, 0.25) is 5.91 Å². The van der Waals surface area contributed by atoms with Crippen LogP contribution in [0.4, 0.5) is 0 Å². The normalized spacial score (nSPS) is 12.2. The maximum atomic E-state index is 12.1. The molecule has 21 heavy (non-hydrogen) atoms. The second-order valence-electron chi connectivity index (χ2n) is 4.82. The number of carbonyl (C=O) groups excluding carboxylic acids is 1. The number of nitrogens with one attached hydrogen (secondary N) is 2. The third-order valence-electron chi connectivity index (χ3n) is 3.08. The number of halogens is 1. The summed E-state index contributed by atoms with van der Waals surface area (Å²) in [6.07, 6.45) is 0.0118.